The third-order valence-electron chi connectivity index (χ3n) is 7.62. The van der Waals surface area contributed by atoms with Crippen LogP contribution in [0.2, 0.25) is 0 Å². The van der Waals surface area contributed by atoms with Crippen molar-refractivity contribution < 1.29 is 18.0 Å². The van der Waals surface area contributed by atoms with Gasteiger partial charge in [0, 0.05) is 52.5 Å². The lowest BCUT2D eigenvalue weighted by atomic mass is 9.86. The van der Waals surface area contributed by atoms with E-state index in [1.54, 1.807) is 4.90 Å². The zero-order chi connectivity index (χ0) is 26.8. The lowest BCUT2D eigenvalue weighted by Gasteiger charge is -2.38. The predicted octanol–water partition coefficient (Wildman–Crippen LogP) is 7.79. The lowest BCUT2D eigenvalue weighted by Crippen LogP contribution is -2.49. The minimum atomic E-state index is -4.48. The lowest BCUT2D eigenvalue weighted by molar-refractivity contribution is -0.137. The maximum atomic E-state index is 13.6. The molecule has 0 atom stereocenters. The van der Waals surface area contributed by atoms with Crippen molar-refractivity contribution in [2.24, 2.45) is 0 Å². The van der Waals surface area contributed by atoms with E-state index in [0.29, 0.717) is 0 Å². The number of carbonyl (C=O) groups is 1. The first-order chi connectivity index (χ1) is 17.5. The summed E-state index contributed by atoms with van der Waals surface area (Å²) in [5.41, 5.74) is 2.20. The van der Waals surface area contributed by atoms with Crippen LogP contribution in [0.4, 0.5) is 29.3 Å². The number of carbonyl (C=O) groups excluding carboxylic acids is 1. The van der Waals surface area contributed by atoms with Crippen LogP contribution in [-0.2, 0) is 11.6 Å². The van der Waals surface area contributed by atoms with Gasteiger partial charge in [-0.05, 0) is 74.7 Å². The van der Waals surface area contributed by atoms with Crippen LogP contribution < -0.4 is 10.2 Å². The zero-order valence-electron chi connectivity index (χ0n) is 22.1. The molecule has 1 saturated heterocycles. The third-order valence-corrected chi connectivity index (χ3v) is 7.62. The van der Waals surface area contributed by atoms with Crippen LogP contribution in [0.3, 0.4) is 0 Å². The molecule has 0 aliphatic carbocycles. The van der Waals surface area contributed by atoms with E-state index in [4.69, 9.17) is 0 Å². The summed E-state index contributed by atoms with van der Waals surface area (Å²) in [6.07, 6.45) is -0.819. The molecular formula is C29H37F3N4O. The van der Waals surface area contributed by atoms with Crippen molar-refractivity contribution in [1.29, 1.82) is 0 Å². The van der Waals surface area contributed by atoms with Gasteiger partial charge in [0.2, 0.25) is 0 Å². The summed E-state index contributed by atoms with van der Waals surface area (Å²) in [5.74, 6) is 0. The number of fused-ring (bicyclic) bond motifs is 1. The Kier molecular flexibility index (Phi) is 7.88. The molecule has 0 unspecified atom stereocenters. The number of likely N-dealkylation sites (tertiary alicyclic amines) is 1. The molecule has 0 saturated carbocycles. The van der Waals surface area contributed by atoms with Crippen molar-refractivity contribution in [2.75, 3.05) is 29.9 Å². The van der Waals surface area contributed by atoms with Crippen molar-refractivity contribution in [3.05, 3.63) is 59.8 Å². The number of aromatic amines is 1. The smallest absolute Gasteiger partial charge is 0.358 e. The quantitative estimate of drug-likeness (QED) is 0.338. The molecule has 5 nitrogen and oxygen atoms in total. The number of urea groups is 1. The van der Waals surface area contributed by atoms with E-state index in [-0.39, 0.29) is 17.1 Å². The highest BCUT2D eigenvalue weighted by molar-refractivity contribution is 6.03. The first-order valence-corrected chi connectivity index (χ1v) is 13.1. The molecule has 8 heteroatoms. The molecule has 2 heterocycles. The number of rotatable bonds is 7. The largest absolute Gasteiger partial charge is 0.416 e. The average molecular weight is 515 g/mol. The summed E-state index contributed by atoms with van der Waals surface area (Å²) in [7, 11) is 0. The van der Waals surface area contributed by atoms with Gasteiger partial charge in [-0.2, -0.15) is 13.2 Å². The van der Waals surface area contributed by atoms with Crippen LogP contribution in [0.15, 0.2) is 48.5 Å². The number of piperidine rings is 1. The molecule has 2 amide bonds. The molecule has 1 aliphatic rings. The fourth-order valence-corrected chi connectivity index (χ4v) is 4.99. The van der Waals surface area contributed by atoms with Crippen LogP contribution in [0.1, 0.15) is 64.6 Å². The number of H-pyrrole nitrogens is 1. The van der Waals surface area contributed by atoms with Crippen molar-refractivity contribution in [3.8, 4) is 0 Å². The van der Waals surface area contributed by atoms with Gasteiger partial charge in [-0.3, -0.25) is 4.90 Å². The predicted molar refractivity (Wildman–Crippen MR) is 144 cm³/mol. The number of benzene rings is 2. The van der Waals surface area contributed by atoms with E-state index in [1.807, 2.05) is 18.2 Å². The van der Waals surface area contributed by atoms with Gasteiger partial charge >= 0.3 is 12.2 Å². The second-order valence-electron chi connectivity index (χ2n) is 10.6. The van der Waals surface area contributed by atoms with Gasteiger partial charge in [0.15, 0.2) is 0 Å². The maximum Gasteiger partial charge on any atom is 0.416 e. The first kappa shape index (κ1) is 27.0. The van der Waals surface area contributed by atoms with Gasteiger partial charge in [-0.25, -0.2) is 4.79 Å². The first-order valence-electron chi connectivity index (χ1n) is 13.1. The summed E-state index contributed by atoms with van der Waals surface area (Å²) < 4.78 is 39.7. The normalized spacial score (nSPS) is 15.8. The van der Waals surface area contributed by atoms with Crippen LogP contribution >= 0.6 is 0 Å². The molecule has 2 N–H and O–H groups in total. The molecule has 1 aromatic heterocycles. The van der Waals surface area contributed by atoms with Gasteiger partial charge in [0.05, 0.1) is 5.56 Å². The van der Waals surface area contributed by atoms with Crippen molar-refractivity contribution in [2.45, 2.75) is 71.0 Å². The van der Waals surface area contributed by atoms with Crippen LogP contribution in [0, 0.1) is 0 Å². The number of halogens is 3. The van der Waals surface area contributed by atoms with Crippen molar-refractivity contribution in [1.82, 2.24) is 9.88 Å². The van der Waals surface area contributed by atoms with Gasteiger partial charge in [0.1, 0.15) is 0 Å². The Balaban J connectivity index is 1.66. The SMILES string of the molecule is CCCN1CCC(N(C(=O)Nc2cccc(C(F)(F)F)c2)c2ccc3[nH]c(C(C)(C)CC)cc3c2)CC1. The number of nitrogens with zero attached hydrogens (tertiary/aromatic N) is 2. The number of amides is 2. The topological polar surface area (TPSA) is 51.4 Å². The number of anilines is 2. The maximum absolute atomic E-state index is 13.6. The third kappa shape index (κ3) is 6.12. The van der Waals surface area contributed by atoms with E-state index < -0.39 is 17.8 Å². The van der Waals surface area contributed by atoms with E-state index in [9.17, 15) is 18.0 Å². The van der Waals surface area contributed by atoms with E-state index in [1.165, 1.54) is 12.1 Å². The van der Waals surface area contributed by atoms with Crippen LogP contribution in [-0.4, -0.2) is 41.6 Å². The molecule has 4 rings (SSSR count). The monoisotopic (exact) mass is 514 g/mol. The minimum absolute atomic E-state index is 0.00808. The summed E-state index contributed by atoms with van der Waals surface area (Å²) in [6.45, 7) is 11.5. The fraction of sp³-hybridized carbons (Fsp3) is 0.483. The molecule has 37 heavy (non-hydrogen) atoms. The number of hydrogen-bond acceptors (Lipinski definition) is 2. The Morgan fingerprint density at radius 3 is 2.46 bits per heavy atom. The van der Waals surface area contributed by atoms with Gasteiger partial charge in [0.25, 0.3) is 0 Å². The summed E-state index contributed by atoms with van der Waals surface area (Å²) in [5, 5.41) is 3.75. The Hall–Kier alpha value is -3.00. The molecular weight excluding hydrogens is 477 g/mol. The van der Waals surface area contributed by atoms with Crippen molar-refractivity contribution in [3.63, 3.8) is 0 Å². The van der Waals surface area contributed by atoms with Crippen LogP contribution in [0.5, 0.6) is 0 Å². The van der Waals surface area contributed by atoms with Gasteiger partial charge in [-0.15, -0.1) is 0 Å². The summed E-state index contributed by atoms with van der Waals surface area (Å²) >= 11 is 0. The highest BCUT2D eigenvalue weighted by atomic mass is 19.4. The average Bonchev–Trinajstić information content (AvgIpc) is 3.30. The number of hydrogen-bond donors (Lipinski definition) is 2. The highest BCUT2D eigenvalue weighted by Gasteiger charge is 2.32. The molecule has 1 fully saturated rings. The molecule has 0 bridgehead atoms. The molecule has 2 aromatic carbocycles. The Bertz CT molecular complexity index is 1230. The molecule has 3 aromatic rings. The summed E-state index contributed by atoms with van der Waals surface area (Å²) in [6, 6.07) is 12.4. The minimum Gasteiger partial charge on any atom is -0.358 e. The Morgan fingerprint density at radius 2 is 1.81 bits per heavy atom. The van der Waals surface area contributed by atoms with Gasteiger partial charge < -0.3 is 15.2 Å². The fourth-order valence-electron chi connectivity index (χ4n) is 4.99. The van der Waals surface area contributed by atoms with E-state index in [2.05, 4.69) is 49.0 Å². The molecule has 0 spiro atoms. The Labute approximate surface area is 217 Å². The van der Waals surface area contributed by atoms with E-state index >= 15 is 0 Å². The number of aromatic nitrogens is 1. The van der Waals surface area contributed by atoms with Crippen LogP contribution in [0.25, 0.3) is 10.9 Å². The molecule has 200 valence electrons. The molecule has 0 radical (unpaired) electrons. The number of nitrogens with one attached hydrogen (secondary N) is 2. The zero-order valence-corrected chi connectivity index (χ0v) is 22.1. The standard InChI is InChI=1S/C29H37F3N4O/c1-5-14-35-15-12-23(13-16-35)36(27(37)33-22-9-7-8-21(19-22)29(30,31)32)24-10-11-25-20(17-24)18-26(34-25)28(3,4)6-2/h7-11,17-19,23,34H,5-6,12-16H2,1-4H3,(H,33,37). The Morgan fingerprint density at radius 1 is 1.08 bits per heavy atom. The second kappa shape index (κ2) is 10.8. The highest BCUT2D eigenvalue weighted by Crippen LogP contribution is 2.34. The summed E-state index contributed by atoms with van der Waals surface area (Å²) in [4.78, 5) is 21.3. The van der Waals surface area contributed by atoms with Crippen molar-refractivity contribution >= 4 is 28.3 Å². The molecule has 1 aliphatic heterocycles. The second-order valence-corrected chi connectivity index (χ2v) is 10.6. The number of alkyl halides is 3. The van der Waals surface area contributed by atoms with E-state index in [0.717, 1.165) is 79.7 Å². The van der Waals surface area contributed by atoms with Gasteiger partial charge in [-0.1, -0.05) is 33.8 Å².